The topological polar surface area (TPSA) is 94.9 Å². The number of benzene rings is 2. The Balaban J connectivity index is 1.89. The van der Waals surface area contributed by atoms with Gasteiger partial charge < -0.3 is 15.4 Å². The number of aromatic nitrogens is 3. The molecule has 1 amide bonds. The lowest BCUT2D eigenvalue weighted by Crippen LogP contribution is -2.42. The molecule has 37 heavy (non-hydrogen) atoms. The summed E-state index contributed by atoms with van der Waals surface area (Å²) < 4.78 is 8.46. The number of carbonyl (C=O) groups excluding carboxylic acids is 1. The quantitative estimate of drug-likeness (QED) is 0.354. The number of hydrogen-bond donors (Lipinski definition) is 1. The average molecular weight is 502 g/mol. The number of methoxy groups -OCH3 is 1. The number of aryl methyl sites for hydroxylation is 1. The number of fused-ring (bicyclic) bond motifs is 1. The van der Waals surface area contributed by atoms with E-state index >= 15 is 0 Å². The van der Waals surface area contributed by atoms with Crippen LogP contribution in [0.1, 0.15) is 53.6 Å². The van der Waals surface area contributed by atoms with Crippen LogP contribution in [-0.2, 0) is 6.54 Å². The molecule has 0 aliphatic rings. The van der Waals surface area contributed by atoms with Gasteiger partial charge in [0.25, 0.3) is 5.91 Å². The van der Waals surface area contributed by atoms with Gasteiger partial charge in [-0.25, -0.2) is 4.79 Å². The zero-order valence-electron chi connectivity index (χ0n) is 21.9. The van der Waals surface area contributed by atoms with E-state index in [0.29, 0.717) is 42.9 Å². The number of ether oxygens (including phenoxy) is 1. The highest BCUT2D eigenvalue weighted by atomic mass is 16.5. The molecule has 2 N–H and O–H groups in total. The molecular weight excluding hydrogens is 466 g/mol. The molecule has 0 saturated carbocycles. The van der Waals surface area contributed by atoms with Gasteiger partial charge in [0.1, 0.15) is 5.75 Å². The monoisotopic (exact) mass is 501 g/mol. The van der Waals surface area contributed by atoms with Crippen LogP contribution < -0.4 is 16.2 Å². The summed E-state index contributed by atoms with van der Waals surface area (Å²) in [6, 6.07) is 20.5. The van der Waals surface area contributed by atoms with Gasteiger partial charge in [0.2, 0.25) is 0 Å². The molecule has 0 aliphatic heterocycles. The maximum atomic E-state index is 13.9. The second kappa shape index (κ2) is 11.4. The number of hydrogen-bond acceptors (Lipinski definition) is 5. The maximum absolute atomic E-state index is 13.9. The first-order valence-electron chi connectivity index (χ1n) is 12.6. The molecule has 1 atom stereocenters. The van der Waals surface area contributed by atoms with Gasteiger partial charge in [0, 0.05) is 17.8 Å². The van der Waals surface area contributed by atoms with Crippen molar-refractivity contribution in [3.05, 3.63) is 99.7 Å². The van der Waals surface area contributed by atoms with Gasteiger partial charge in [-0.1, -0.05) is 44.2 Å². The Morgan fingerprint density at radius 2 is 1.78 bits per heavy atom. The van der Waals surface area contributed by atoms with E-state index in [1.165, 1.54) is 4.52 Å². The molecular formula is C29H35N5O3. The first-order chi connectivity index (χ1) is 17.8. The van der Waals surface area contributed by atoms with Crippen LogP contribution in [0.15, 0.2) is 71.5 Å². The molecule has 0 fully saturated rings. The third kappa shape index (κ3) is 5.59. The molecule has 8 nitrogen and oxygen atoms in total. The second-order valence-corrected chi connectivity index (χ2v) is 9.60. The Morgan fingerprint density at radius 1 is 1.08 bits per heavy atom. The lowest BCUT2D eigenvalue weighted by Gasteiger charge is -2.36. The number of carbonyl (C=O) groups is 1. The predicted octanol–water partition coefficient (Wildman–Crippen LogP) is 4.05. The van der Waals surface area contributed by atoms with E-state index in [2.05, 4.69) is 18.9 Å². The average Bonchev–Trinajstić information content (AvgIpc) is 3.28. The third-order valence-electron chi connectivity index (χ3n) is 6.53. The molecule has 0 bridgehead atoms. The van der Waals surface area contributed by atoms with Crippen LogP contribution in [0.25, 0.3) is 5.52 Å². The lowest BCUT2D eigenvalue weighted by atomic mass is 9.96. The Kier molecular flexibility index (Phi) is 8.08. The molecule has 0 spiro atoms. The van der Waals surface area contributed by atoms with Crippen LogP contribution in [0.2, 0.25) is 0 Å². The van der Waals surface area contributed by atoms with E-state index in [1.54, 1.807) is 35.9 Å². The number of nitrogens with two attached hydrogens (primary N) is 1. The predicted molar refractivity (Wildman–Crippen MR) is 145 cm³/mol. The number of amides is 1. The minimum atomic E-state index is -0.363. The van der Waals surface area contributed by atoms with Gasteiger partial charge in [-0.3, -0.25) is 9.36 Å². The molecule has 8 heteroatoms. The van der Waals surface area contributed by atoms with Crippen molar-refractivity contribution >= 4 is 11.4 Å². The van der Waals surface area contributed by atoms with Crippen molar-refractivity contribution in [3.63, 3.8) is 0 Å². The second-order valence-electron chi connectivity index (χ2n) is 9.60. The SMILES string of the molecule is COc1ccc(C(=O)N(CCCN)[C@@H](c2cc3cc(C)nn3c(=O)n2Cc2ccccc2)C(C)C)cc1. The van der Waals surface area contributed by atoms with E-state index in [-0.39, 0.29) is 23.6 Å². The van der Waals surface area contributed by atoms with Crippen LogP contribution in [0.4, 0.5) is 0 Å². The normalized spacial score (nSPS) is 12.2. The molecule has 0 saturated heterocycles. The molecule has 2 aromatic heterocycles. The molecule has 194 valence electrons. The first kappa shape index (κ1) is 26.2. The van der Waals surface area contributed by atoms with Crippen LogP contribution in [-0.4, -0.2) is 45.2 Å². The summed E-state index contributed by atoms with van der Waals surface area (Å²) in [5.41, 5.74) is 9.44. The number of rotatable bonds is 10. The van der Waals surface area contributed by atoms with Gasteiger partial charge in [-0.05, 0) is 67.8 Å². The molecule has 2 heterocycles. The zero-order valence-corrected chi connectivity index (χ0v) is 21.9. The fourth-order valence-electron chi connectivity index (χ4n) is 4.79. The van der Waals surface area contributed by atoms with Gasteiger partial charge in [0.05, 0.1) is 30.9 Å². The van der Waals surface area contributed by atoms with Gasteiger partial charge in [-0.2, -0.15) is 9.61 Å². The van der Waals surface area contributed by atoms with Gasteiger partial charge >= 0.3 is 5.69 Å². The highest BCUT2D eigenvalue weighted by Gasteiger charge is 2.31. The smallest absolute Gasteiger partial charge is 0.349 e. The van der Waals surface area contributed by atoms with Crippen molar-refractivity contribution in [2.75, 3.05) is 20.2 Å². The van der Waals surface area contributed by atoms with Crippen LogP contribution in [0, 0.1) is 12.8 Å². The van der Waals surface area contributed by atoms with Gasteiger partial charge in [0.15, 0.2) is 0 Å². The Bertz CT molecular complexity index is 1410. The molecule has 4 rings (SSSR count). The Labute approximate surface area is 217 Å². The fourth-order valence-corrected chi connectivity index (χ4v) is 4.79. The summed E-state index contributed by atoms with van der Waals surface area (Å²) in [7, 11) is 1.60. The van der Waals surface area contributed by atoms with Crippen molar-refractivity contribution in [3.8, 4) is 5.75 Å². The molecule has 0 aliphatic carbocycles. The minimum Gasteiger partial charge on any atom is -0.497 e. The minimum absolute atomic E-state index is 0.0212. The summed E-state index contributed by atoms with van der Waals surface area (Å²) in [6.07, 6.45) is 0.641. The first-order valence-corrected chi connectivity index (χ1v) is 12.6. The lowest BCUT2D eigenvalue weighted by molar-refractivity contribution is 0.0609. The Hall–Kier alpha value is -3.91. The summed E-state index contributed by atoms with van der Waals surface area (Å²) in [4.78, 5) is 29.6. The van der Waals surface area contributed by atoms with Gasteiger partial charge in [-0.15, -0.1) is 0 Å². The molecule has 0 radical (unpaired) electrons. The molecule has 4 aromatic rings. The maximum Gasteiger partial charge on any atom is 0.349 e. The van der Waals surface area contributed by atoms with Crippen LogP contribution >= 0.6 is 0 Å². The van der Waals surface area contributed by atoms with Crippen LogP contribution in [0.5, 0.6) is 5.75 Å². The Morgan fingerprint density at radius 3 is 2.41 bits per heavy atom. The van der Waals surface area contributed by atoms with Crippen molar-refractivity contribution < 1.29 is 9.53 Å². The fraction of sp³-hybridized carbons (Fsp3) is 0.345. The van der Waals surface area contributed by atoms with E-state index in [4.69, 9.17) is 10.5 Å². The summed E-state index contributed by atoms with van der Waals surface area (Å²) in [5, 5.41) is 4.43. The van der Waals surface area contributed by atoms with Crippen molar-refractivity contribution in [1.29, 1.82) is 0 Å². The largest absolute Gasteiger partial charge is 0.497 e. The zero-order chi connectivity index (χ0) is 26.5. The van der Waals surface area contributed by atoms with Crippen LogP contribution in [0.3, 0.4) is 0 Å². The molecule has 2 aromatic carbocycles. The molecule has 0 unspecified atom stereocenters. The summed E-state index contributed by atoms with van der Waals surface area (Å²) >= 11 is 0. The summed E-state index contributed by atoms with van der Waals surface area (Å²) in [6.45, 7) is 7.31. The highest BCUT2D eigenvalue weighted by molar-refractivity contribution is 5.94. The highest BCUT2D eigenvalue weighted by Crippen LogP contribution is 2.31. The van der Waals surface area contributed by atoms with E-state index in [9.17, 15) is 9.59 Å². The summed E-state index contributed by atoms with van der Waals surface area (Å²) in [5.74, 6) is 0.592. The van der Waals surface area contributed by atoms with Crippen molar-refractivity contribution in [2.45, 2.75) is 39.8 Å². The third-order valence-corrected chi connectivity index (χ3v) is 6.53. The van der Waals surface area contributed by atoms with E-state index in [1.807, 2.05) is 54.3 Å². The standard InChI is InChI=1S/C29H35N5O3/c1-20(2)27(32(16-8-15-30)28(35)23-11-13-25(37-4)14-12-23)26-18-24-17-21(3)31-34(24)29(36)33(26)19-22-9-6-5-7-10-22/h5-7,9-14,17-18,20,27H,8,15-16,19,30H2,1-4H3/t27-/m1/s1. The van der Waals surface area contributed by atoms with Crippen molar-refractivity contribution in [2.24, 2.45) is 11.7 Å². The number of nitrogens with zero attached hydrogens (tertiary/aromatic N) is 4. The van der Waals surface area contributed by atoms with Crippen molar-refractivity contribution in [1.82, 2.24) is 19.1 Å². The van der Waals surface area contributed by atoms with E-state index < -0.39 is 0 Å². The van der Waals surface area contributed by atoms with E-state index in [0.717, 1.165) is 17.0 Å².